The van der Waals surface area contributed by atoms with E-state index < -0.39 is 0 Å². The predicted octanol–water partition coefficient (Wildman–Crippen LogP) is 1.67. The van der Waals surface area contributed by atoms with Gasteiger partial charge < -0.3 is 9.64 Å². The summed E-state index contributed by atoms with van der Waals surface area (Å²) in [6, 6.07) is 0.722. The molecule has 2 aliphatic rings. The van der Waals surface area contributed by atoms with Crippen LogP contribution in [0.15, 0.2) is 0 Å². The highest BCUT2D eigenvalue weighted by Gasteiger charge is 2.37. The third-order valence-electron chi connectivity index (χ3n) is 4.13. The first-order valence-corrected chi connectivity index (χ1v) is 6.00. The Morgan fingerprint density at radius 2 is 2.13 bits per heavy atom. The van der Waals surface area contributed by atoms with Gasteiger partial charge >= 0.3 is 5.97 Å². The number of rotatable bonds is 1. The van der Waals surface area contributed by atoms with E-state index in [-0.39, 0.29) is 11.9 Å². The van der Waals surface area contributed by atoms with Crippen molar-refractivity contribution in [1.82, 2.24) is 4.90 Å². The van der Waals surface area contributed by atoms with Crippen molar-refractivity contribution in [3.8, 4) is 0 Å². The number of ether oxygens (including phenoxy) is 1. The quantitative estimate of drug-likeness (QED) is 0.618. The van der Waals surface area contributed by atoms with Gasteiger partial charge in [-0.15, -0.1) is 0 Å². The number of carbonyl (C=O) groups excluding carboxylic acids is 1. The van der Waals surface area contributed by atoms with E-state index in [9.17, 15) is 4.79 Å². The van der Waals surface area contributed by atoms with Crippen molar-refractivity contribution < 1.29 is 9.53 Å². The predicted molar refractivity (Wildman–Crippen MR) is 58.5 cm³/mol. The summed E-state index contributed by atoms with van der Waals surface area (Å²) in [7, 11) is 3.72. The third kappa shape index (κ3) is 2.17. The van der Waals surface area contributed by atoms with Crippen LogP contribution in [0.2, 0.25) is 0 Å². The van der Waals surface area contributed by atoms with E-state index in [0.29, 0.717) is 0 Å². The molecule has 15 heavy (non-hydrogen) atoms. The Labute approximate surface area is 91.8 Å². The lowest BCUT2D eigenvalue weighted by Crippen LogP contribution is -2.46. The summed E-state index contributed by atoms with van der Waals surface area (Å²) in [6.45, 7) is 1.23. The molecule has 0 N–H and O–H groups in total. The molecule has 0 aromatic rings. The molecule has 3 atom stereocenters. The van der Waals surface area contributed by atoms with Crippen molar-refractivity contribution in [3.63, 3.8) is 0 Å². The van der Waals surface area contributed by atoms with Gasteiger partial charge in [-0.1, -0.05) is 0 Å². The van der Waals surface area contributed by atoms with Gasteiger partial charge in [-0.25, -0.2) is 0 Å². The standard InChI is InChI=1S/C12H21NO2/c1-13-7-3-4-9-8-10(12(14)15-2)5-6-11(9)13/h9-11H,3-8H2,1-2H3/t9-,10+,11-/m0/s1. The van der Waals surface area contributed by atoms with Crippen LogP contribution in [0.4, 0.5) is 0 Å². The molecule has 1 saturated carbocycles. The number of methoxy groups -OCH3 is 1. The molecule has 0 aromatic carbocycles. The zero-order valence-corrected chi connectivity index (χ0v) is 9.74. The molecule has 0 aromatic heterocycles. The third-order valence-corrected chi connectivity index (χ3v) is 4.13. The molecule has 0 amide bonds. The monoisotopic (exact) mass is 211 g/mol. The highest BCUT2D eigenvalue weighted by atomic mass is 16.5. The number of hydrogen-bond donors (Lipinski definition) is 0. The summed E-state index contributed by atoms with van der Waals surface area (Å²) in [6.07, 6.45) is 5.80. The van der Waals surface area contributed by atoms with Crippen molar-refractivity contribution >= 4 is 5.97 Å². The maximum absolute atomic E-state index is 11.5. The van der Waals surface area contributed by atoms with Gasteiger partial charge in [0.2, 0.25) is 0 Å². The molecule has 3 heteroatoms. The molecular weight excluding hydrogens is 190 g/mol. The van der Waals surface area contributed by atoms with Crippen molar-refractivity contribution in [2.24, 2.45) is 11.8 Å². The normalized spacial score (nSPS) is 37.1. The van der Waals surface area contributed by atoms with Gasteiger partial charge in [0.1, 0.15) is 0 Å². The molecule has 1 heterocycles. The van der Waals surface area contributed by atoms with Gasteiger partial charge in [0, 0.05) is 6.04 Å². The zero-order chi connectivity index (χ0) is 10.8. The molecule has 1 aliphatic carbocycles. The summed E-state index contributed by atoms with van der Waals surface area (Å²) in [5.41, 5.74) is 0. The summed E-state index contributed by atoms with van der Waals surface area (Å²) >= 11 is 0. The van der Waals surface area contributed by atoms with Crippen LogP contribution in [0.5, 0.6) is 0 Å². The first kappa shape index (κ1) is 10.9. The van der Waals surface area contributed by atoms with E-state index in [0.717, 1.165) is 24.8 Å². The molecular formula is C12H21NO2. The minimum Gasteiger partial charge on any atom is -0.469 e. The van der Waals surface area contributed by atoms with E-state index in [4.69, 9.17) is 4.74 Å². The van der Waals surface area contributed by atoms with Gasteiger partial charge in [0.05, 0.1) is 13.0 Å². The average molecular weight is 211 g/mol. The highest BCUT2D eigenvalue weighted by Crippen LogP contribution is 2.37. The summed E-state index contributed by atoms with van der Waals surface area (Å²) in [4.78, 5) is 14.0. The Balaban J connectivity index is 1.96. The minimum absolute atomic E-state index is 0.00155. The number of likely N-dealkylation sites (tertiary alicyclic amines) is 1. The number of hydrogen-bond acceptors (Lipinski definition) is 3. The van der Waals surface area contributed by atoms with E-state index in [1.165, 1.54) is 32.9 Å². The SMILES string of the molecule is COC(=O)[C@@H]1CC[C@H]2[C@@H](CCCN2C)C1. The Hall–Kier alpha value is -0.570. The number of esters is 1. The molecule has 1 aliphatic heterocycles. The van der Waals surface area contributed by atoms with E-state index in [1.54, 1.807) is 0 Å². The van der Waals surface area contributed by atoms with Gasteiger partial charge in [-0.05, 0) is 51.6 Å². The molecule has 86 valence electrons. The number of nitrogens with zero attached hydrogens (tertiary/aromatic N) is 1. The van der Waals surface area contributed by atoms with Gasteiger partial charge in [-0.2, -0.15) is 0 Å². The number of carbonyl (C=O) groups is 1. The largest absolute Gasteiger partial charge is 0.469 e. The van der Waals surface area contributed by atoms with E-state index in [1.807, 2.05) is 0 Å². The molecule has 0 spiro atoms. The van der Waals surface area contributed by atoms with Gasteiger partial charge in [0.15, 0.2) is 0 Å². The molecule has 3 nitrogen and oxygen atoms in total. The van der Waals surface area contributed by atoms with E-state index >= 15 is 0 Å². The maximum atomic E-state index is 11.5. The molecule has 1 saturated heterocycles. The molecule has 0 unspecified atom stereocenters. The Morgan fingerprint density at radius 3 is 2.87 bits per heavy atom. The molecule has 2 fully saturated rings. The van der Waals surface area contributed by atoms with Crippen molar-refractivity contribution in [2.45, 2.75) is 38.1 Å². The van der Waals surface area contributed by atoms with Gasteiger partial charge in [0.25, 0.3) is 0 Å². The van der Waals surface area contributed by atoms with Gasteiger partial charge in [-0.3, -0.25) is 4.79 Å². The van der Waals surface area contributed by atoms with E-state index in [2.05, 4.69) is 11.9 Å². The van der Waals surface area contributed by atoms with Crippen LogP contribution in [0.1, 0.15) is 32.1 Å². The fourth-order valence-corrected chi connectivity index (χ4v) is 3.29. The second kappa shape index (κ2) is 4.52. The van der Waals surface area contributed by atoms with Crippen molar-refractivity contribution in [1.29, 1.82) is 0 Å². The molecule has 2 rings (SSSR count). The lowest BCUT2D eigenvalue weighted by atomic mass is 9.73. The van der Waals surface area contributed by atoms with Crippen LogP contribution < -0.4 is 0 Å². The van der Waals surface area contributed by atoms with Crippen LogP contribution in [-0.2, 0) is 9.53 Å². The van der Waals surface area contributed by atoms with Crippen LogP contribution in [0.25, 0.3) is 0 Å². The fraction of sp³-hybridized carbons (Fsp3) is 0.917. The van der Waals surface area contributed by atoms with Crippen LogP contribution >= 0.6 is 0 Å². The summed E-state index contributed by atoms with van der Waals surface area (Å²) < 4.78 is 4.84. The van der Waals surface area contributed by atoms with Crippen LogP contribution in [-0.4, -0.2) is 37.6 Å². The zero-order valence-electron chi connectivity index (χ0n) is 9.74. The second-order valence-electron chi connectivity index (χ2n) is 4.98. The summed E-state index contributed by atoms with van der Waals surface area (Å²) in [5, 5.41) is 0. The lowest BCUT2D eigenvalue weighted by molar-refractivity contribution is -0.148. The molecule has 0 radical (unpaired) electrons. The number of fused-ring (bicyclic) bond motifs is 1. The maximum Gasteiger partial charge on any atom is 0.308 e. The Bertz CT molecular complexity index is 242. The minimum atomic E-state index is 0.00155. The second-order valence-corrected chi connectivity index (χ2v) is 4.98. The first-order chi connectivity index (χ1) is 7.22. The Kier molecular flexibility index (Phi) is 3.29. The van der Waals surface area contributed by atoms with Crippen LogP contribution in [0, 0.1) is 11.8 Å². The van der Waals surface area contributed by atoms with Crippen molar-refractivity contribution in [2.75, 3.05) is 20.7 Å². The fourth-order valence-electron chi connectivity index (χ4n) is 3.29. The first-order valence-electron chi connectivity index (χ1n) is 6.00. The lowest BCUT2D eigenvalue weighted by Gasteiger charge is -2.44. The topological polar surface area (TPSA) is 29.5 Å². The smallest absolute Gasteiger partial charge is 0.308 e. The number of piperidine rings is 1. The highest BCUT2D eigenvalue weighted by molar-refractivity contribution is 5.72. The summed E-state index contributed by atoms with van der Waals surface area (Å²) in [5.74, 6) is 0.894. The Morgan fingerprint density at radius 1 is 1.33 bits per heavy atom. The van der Waals surface area contributed by atoms with Crippen molar-refractivity contribution in [3.05, 3.63) is 0 Å². The average Bonchev–Trinajstić information content (AvgIpc) is 2.28. The molecule has 0 bridgehead atoms. The van der Waals surface area contributed by atoms with Crippen LogP contribution in [0.3, 0.4) is 0 Å².